The number of piperazine rings is 1. The minimum Gasteiger partial charge on any atom is -0.497 e. The molecule has 2 aliphatic heterocycles. The van der Waals surface area contributed by atoms with E-state index in [1.807, 2.05) is 42.2 Å². The predicted molar refractivity (Wildman–Crippen MR) is 173 cm³/mol. The van der Waals surface area contributed by atoms with Crippen molar-refractivity contribution >= 4 is 51.8 Å². The highest BCUT2D eigenvalue weighted by Gasteiger charge is 2.33. The van der Waals surface area contributed by atoms with Gasteiger partial charge < -0.3 is 14.5 Å². The van der Waals surface area contributed by atoms with Gasteiger partial charge in [-0.15, -0.1) is 0 Å². The van der Waals surface area contributed by atoms with Gasteiger partial charge in [-0.2, -0.15) is 5.26 Å². The topological polar surface area (TPSA) is 81.8 Å². The molecular weight excluding hydrogens is 586 g/mol. The highest BCUT2D eigenvalue weighted by molar-refractivity contribution is 8.26. The van der Waals surface area contributed by atoms with Crippen molar-refractivity contribution < 1.29 is 13.9 Å². The minimum atomic E-state index is -0.363. The fourth-order valence-corrected chi connectivity index (χ4v) is 6.79. The second-order valence-electron chi connectivity index (χ2n) is 10.3. The van der Waals surface area contributed by atoms with Crippen LogP contribution in [0.4, 0.5) is 15.9 Å². The summed E-state index contributed by atoms with van der Waals surface area (Å²) in [5.41, 5.74) is 2.46. The molecule has 222 valence electrons. The van der Waals surface area contributed by atoms with Gasteiger partial charge in [0, 0.05) is 44.8 Å². The molecule has 3 aromatic rings. The number of nitrogens with zero attached hydrogens (tertiary/aromatic N) is 5. The second kappa shape index (κ2) is 13.0. The first-order valence-corrected chi connectivity index (χ1v) is 15.3. The summed E-state index contributed by atoms with van der Waals surface area (Å²) < 4.78 is 21.8. The number of hydrogen-bond donors (Lipinski definition) is 0. The molecule has 2 fully saturated rings. The normalized spacial score (nSPS) is 16.3. The molecule has 0 aliphatic carbocycles. The minimum absolute atomic E-state index is 0.0526. The number of nitriles is 1. The lowest BCUT2D eigenvalue weighted by molar-refractivity contribution is -0.122. The number of rotatable bonds is 8. The Morgan fingerprint density at radius 1 is 1.07 bits per heavy atom. The summed E-state index contributed by atoms with van der Waals surface area (Å²) in [5, 5.41) is 9.89. The Bertz CT molecular complexity index is 1690. The van der Waals surface area contributed by atoms with E-state index in [0.717, 1.165) is 11.3 Å². The number of anilines is 2. The van der Waals surface area contributed by atoms with Crippen molar-refractivity contribution in [2.45, 2.75) is 26.8 Å². The molecule has 0 spiro atoms. The standard InChI is InChI=1S/C32H32FN5O3S2/c1-4-37-29(36-17-15-35(16-18-36)27-8-6-5-7-26(27)33)24(21(2)25(20-34)30(37)39)19-28-31(40)38(32(42)43-28)14-13-22-9-11-23(41-3)12-10-22/h5-12,19H,4,13-18H2,1-3H3/b28-19-. The third-order valence-electron chi connectivity index (χ3n) is 7.87. The molecule has 5 rings (SSSR count). The van der Waals surface area contributed by atoms with E-state index in [0.29, 0.717) is 77.5 Å². The molecule has 0 atom stereocenters. The number of pyridine rings is 1. The van der Waals surface area contributed by atoms with Gasteiger partial charge in [0.25, 0.3) is 11.5 Å². The third-order valence-corrected chi connectivity index (χ3v) is 9.24. The van der Waals surface area contributed by atoms with Gasteiger partial charge in [-0.1, -0.05) is 48.2 Å². The van der Waals surface area contributed by atoms with E-state index in [-0.39, 0.29) is 22.8 Å². The fraction of sp³-hybridized carbons (Fsp3) is 0.312. The molecule has 2 saturated heterocycles. The first kappa shape index (κ1) is 30.3. The van der Waals surface area contributed by atoms with Crippen molar-refractivity contribution in [3.63, 3.8) is 0 Å². The van der Waals surface area contributed by atoms with Crippen LogP contribution in [0.25, 0.3) is 6.08 Å². The first-order chi connectivity index (χ1) is 20.8. The van der Waals surface area contributed by atoms with Crippen molar-refractivity contribution in [2.75, 3.05) is 49.6 Å². The summed E-state index contributed by atoms with van der Waals surface area (Å²) in [4.78, 5) is 33.1. The van der Waals surface area contributed by atoms with Crippen LogP contribution >= 0.6 is 24.0 Å². The Labute approximate surface area is 260 Å². The maximum Gasteiger partial charge on any atom is 0.270 e. The molecular formula is C32H32FN5O3S2. The molecule has 1 amide bonds. The maximum atomic E-state index is 14.5. The Morgan fingerprint density at radius 3 is 2.37 bits per heavy atom. The van der Waals surface area contributed by atoms with Crippen LogP contribution in [0.3, 0.4) is 0 Å². The van der Waals surface area contributed by atoms with Crippen molar-refractivity contribution in [3.05, 3.63) is 91.9 Å². The lowest BCUT2D eigenvalue weighted by atomic mass is 10.0. The smallest absolute Gasteiger partial charge is 0.270 e. The van der Waals surface area contributed by atoms with Gasteiger partial charge in [0.05, 0.1) is 17.7 Å². The number of thiocarbonyl (C=S) groups is 1. The molecule has 1 aromatic heterocycles. The number of carbonyl (C=O) groups excluding carboxylic acids is 1. The van der Waals surface area contributed by atoms with Crippen molar-refractivity contribution in [1.82, 2.24) is 9.47 Å². The largest absolute Gasteiger partial charge is 0.497 e. The Morgan fingerprint density at radius 2 is 1.74 bits per heavy atom. The average Bonchev–Trinajstić information content (AvgIpc) is 3.29. The van der Waals surface area contributed by atoms with E-state index in [2.05, 4.69) is 11.0 Å². The molecule has 2 aliphatic rings. The number of methoxy groups -OCH3 is 1. The van der Waals surface area contributed by atoms with Crippen LogP contribution in [0.2, 0.25) is 0 Å². The zero-order chi connectivity index (χ0) is 30.7. The fourth-order valence-electron chi connectivity index (χ4n) is 5.50. The number of hydrogen-bond acceptors (Lipinski definition) is 8. The average molecular weight is 618 g/mol. The molecule has 0 unspecified atom stereocenters. The van der Waals surface area contributed by atoms with Gasteiger partial charge >= 0.3 is 0 Å². The monoisotopic (exact) mass is 617 g/mol. The van der Waals surface area contributed by atoms with E-state index < -0.39 is 0 Å². The van der Waals surface area contributed by atoms with Gasteiger partial charge in [0.15, 0.2) is 0 Å². The van der Waals surface area contributed by atoms with E-state index >= 15 is 0 Å². The number of carbonyl (C=O) groups is 1. The van der Waals surface area contributed by atoms with Gasteiger partial charge in [-0.05, 0) is 61.7 Å². The SMILES string of the molecule is CCn1c(N2CCN(c3ccccc3F)CC2)c(/C=C2\SC(=S)N(CCc3ccc(OC)cc3)C2=O)c(C)c(C#N)c1=O. The van der Waals surface area contributed by atoms with Gasteiger partial charge in [0.1, 0.15) is 33.3 Å². The zero-order valence-electron chi connectivity index (χ0n) is 24.3. The summed E-state index contributed by atoms with van der Waals surface area (Å²) in [6.07, 6.45) is 2.40. The summed E-state index contributed by atoms with van der Waals surface area (Å²) in [7, 11) is 1.62. The van der Waals surface area contributed by atoms with E-state index in [4.69, 9.17) is 17.0 Å². The first-order valence-electron chi connectivity index (χ1n) is 14.1. The van der Waals surface area contributed by atoms with Gasteiger partial charge in [-0.3, -0.25) is 19.1 Å². The zero-order valence-corrected chi connectivity index (χ0v) is 25.9. The lowest BCUT2D eigenvalue weighted by Gasteiger charge is -2.39. The molecule has 11 heteroatoms. The molecule has 0 bridgehead atoms. The Balaban J connectivity index is 1.46. The molecule has 43 heavy (non-hydrogen) atoms. The quantitative estimate of drug-likeness (QED) is 0.259. The molecule has 8 nitrogen and oxygen atoms in total. The number of benzene rings is 2. The highest BCUT2D eigenvalue weighted by atomic mass is 32.2. The molecule has 0 N–H and O–H groups in total. The van der Waals surface area contributed by atoms with Crippen LogP contribution in [0.5, 0.6) is 5.75 Å². The molecule has 0 radical (unpaired) electrons. The number of thioether (sulfide) groups is 1. The highest BCUT2D eigenvalue weighted by Crippen LogP contribution is 2.36. The third kappa shape index (κ3) is 6.03. The van der Waals surface area contributed by atoms with Crippen LogP contribution < -0.4 is 20.1 Å². The van der Waals surface area contributed by atoms with Gasteiger partial charge in [-0.25, -0.2) is 4.39 Å². The van der Waals surface area contributed by atoms with E-state index in [1.165, 1.54) is 17.8 Å². The number of ether oxygens (including phenoxy) is 1. The van der Waals surface area contributed by atoms with Crippen LogP contribution in [0.15, 0.2) is 58.2 Å². The van der Waals surface area contributed by atoms with E-state index in [1.54, 1.807) is 41.7 Å². The molecule has 2 aromatic carbocycles. The van der Waals surface area contributed by atoms with Crippen molar-refractivity contribution in [2.24, 2.45) is 0 Å². The predicted octanol–water partition coefficient (Wildman–Crippen LogP) is 4.97. The summed E-state index contributed by atoms with van der Waals surface area (Å²) in [5.74, 6) is 0.944. The molecule has 0 saturated carbocycles. The lowest BCUT2D eigenvalue weighted by Crippen LogP contribution is -2.49. The molecule has 3 heterocycles. The Kier molecular flexibility index (Phi) is 9.18. The number of para-hydroxylation sites is 1. The summed E-state index contributed by atoms with van der Waals surface area (Å²) in [6, 6.07) is 16.5. The summed E-state index contributed by atoms with van der Waals surface area (Å²) >= 11 is 6.82. The van der Waals surface area contributed by atoms with Crippen LogP contribution in [-0.2, 0) is 17.8 Å². The van der Waals surface area contributed by atoms with Crippen molar-refractivity contribution in [1.29, 1.82) is 5.26 Å². The number of aromatic nitrogens is 1. The number of amides is 1. The van der Waals surface area contributed by atoms with Crippen LogP contribution in [-0.4, -0.2) is 59.5 Å². The van der Waals surface area contributed by atoms with Gasteiger partial charge in [0.2, 0.25) is 0 Å². The van der Waals surface area contributed by atoms with E-state index in [9.17, 15) is 19.2 Å². The van der Waals surface area contributed by atoms with Crippen molar-refractivity contribution in [3.8, 4) is 11.8 Å². The van der Waals surface area contributed by atoms with Crippen LogP contribution in [0.1, 0.15) is 29.2 Å². The summed E-state index contributed by atoms with van der Waals surface area (Å²) in [6.45, 7) is 6.53. The van der Waals surface area contributed by atoms with Crippen LogP contribution in [0, 0.1) is 24.1 Å². The number of halogens is 1. The Hall–Kier alpha value is -4.14. The maximum absolute atomic E-state index is 14.5. The second-order valence-corrected chi connectivity index (χ2v) is 11.9.